The number of nitrogens with zero attached hydrogens (tertiary/aromatic N) is 2. The van der Waals surface area contributed by atoms with Crippen molar-refractivity contribution in [3.63, 3.8) is 0 Å². The monoisotopic (exact) mass is 460 g/mol. The van der Waals surface area contributed by atoms with E-state index in [9.17, 15) is 29.4 Å². The Morgan fingerprint density at radius 1 is 0.758 bits per heavy atom. The van der Waals surface area contributed by atoms with E-state index in [4.69, 9.17) is 0 Å². The molecular weight excluding hydrogens is 428 g/mol. The second-order valence-electron chi connectivity index (χ2n) is 8.12. The van der Waals surface area contributed by atoms with Gasteiger partial charge >= 0.3 is 0 Å². The zero-order chi connectivity index (χ0) is 24.7. The number of aromatic nitrogens is 2. The topological polar surface area (TPSA) is 143 Å². The number of carbonyl (C=O) groups is 2. The van der Waals surface area contributed by atoms with Crippen molar-refractivity contribution in [2.75, 3.05) is 0 Å². The molecule has 0 unspecified atom stereocenters. The SMILES string of the molecule is Cc1cc(=O)c(O)c(CNC(=O)CCCCCC(=O)NCc2c(O)c(=O)cc(C)n2C)n1C. The maximum atomic E-state index is 12.1. The van der Waals surface area contributed by atoms with E-state index in [1.165, 1.54) is 12.1 Å². The average Bonchev–Trinajstić information content (AvgIpc) is 2.76. The van der Waals surface area contributed by atoms with Gasteiger partial charge in [-0.25, -0.2) is 0 Å². The van der Waals surface area contributed by atoms with Crippen LogP contribution in [0.25, 0.3) is 0 Å². The van der Waals surface area contributed by atoms with Crippen LogP contribution in [-0.2, 0) is 36.8 Å². The minimum absolute atomic E-state index is 0.0504. The smallest absolute Gasteiger partial charge is 0.223 e. The molecule has 0 aliphatic heterocycles. The van der Waals surface area contributed by atoms with Crippen LogP contribution >= 0.6 is 0 Å². The van der Waals surface area contributed by atoms with E-state index in [1.54, 1.807) is 37.1 Å². The number of hydrogen-bond donors (Lipinski definition) is 4. The molecule has 2 aromatic rings. The molecule has 0 aliphatic carbocycles. The lowest BCUT2D eigenvalue weighted by Gasteiger charge is -2.14. The van der Waals surface area contributed by atoms with Gasteiger partial charge in [0.25, 0.3) is 0 Å². The fourth-order valence-corrected chi connectivity index (χ4v) is 3.43. The van der Waals surface area contributed by atoms with Crippen molar-refractivity contribution in [3.05, 3.63) is 55.4 Å². The Labute approximate surface area is 191 Å². The fraction of sp³-hybridized carbons (Fsp3) is 0.478. The van der Waals surface area contributed by atoms with Gasteiger partial charge in [-0.3, -0.25) is 19.2 Å². The summed E-state index contributed by atoms with van der Waals surface area (Å²) in [6, 6.07) is 2.67. The third-order valence-electron chi connectivity index (χ3n) is 5.77. The first-order chi connectivity index (χ1) is 15.5. The molecule has 180 valence electrons. The molecule has 33 heavy (non-hydrogen) atoms. The van der Waals surface area contributed by atoms with E-state index in [0.717, 1.165) is 0 Å². The van der Waals surface area contributed by atoms with E-state index in [1.807, 2.05) is 0 Å². The van der Waals surface area contributed by atoms with Crippen LogP contribution in [0.15, 0.2) is 21.7 Å². The Balaban J connectivity index is 1.70. The molecule has 10 nitrogen and oxygen atoms in total. The van der Waals surface area contributed by atoms with Crippen molar-refractivity contribution in [1.29, 1.82) is 0 Å². The van der Waals surface area contributed by atoms with Gasteiger partial charge in [-0.05, 0) is 26.7 Å². The average molecular weight is 461 g/mol. The van der Waals surface area contributed by atoms with Crippen LogP contribution < -0.4 is 21.5 Å². The molecule has 0 bridgehead atoms. The van der Waals surface area contributed by atoms with Crippen LogP contribution in [0.5, 0.6) is 11.5 Å². The van der Waals surface area contributed by atoms with Gasteiger partial charge in [-0.1, -0.05) is 6.42 Å². The molecule has 0 fully saturated rings. The van der Waals surface area contributed by atoms with E-state index in [2.05, 4.69) is 10.6 Å². The first-order valence-corrected chi connectivity index (χ1v) is 10.8. The molecule has 0 atom stereocenters. The molecule has 2 heterocycles. The highest BCUT2D eigenvalue weighted by Crippen LogP contribution is 2.14. The third-order valence-corrected chi connectivity index (χ3v) is 5.77. The van der Waals surface area contributed by atoms with Crippen LogP contribution in [-0.4, -0.2) is 31.2 Å². The third kappa shape index (κ3) is 6.71. The van der Waals surface area contributed by atoms with E-state index in [-0.39, 0.29) is 49.2 Å². The quantitative estimate of drug-likeness (QED) is 0.390. The number of hydrogen-bond acceptors (Lipinski definition) is 6. The summed E-state index contributed by atoms with van der Waals surface area (Å²) in [5, 5.41) is 25.3. The minimum Gasteiger partial charge on any atom is -0.503 e. The number of aromatic hydroxyl groups is 2. The molecular formula is C23H32N4O6. The van der Waals surface area contributed by atoms with Gasteiger partial charge in [-0.15, -0.1) is 0 Å². The summed E-state index contributed by atoms with van der Waals surface area (Å²) in [6.07, 6.45) is 2.38. The molecule has 4 N–H and O–H groups in total. The normalized spacial score (nSPS) is 10.8. The molecule has 0 saturated carbocycles. The van der Waals surface area contributed by atoms with Gasteiger partial charge in [0.2, 0.25) is 22.7 Å². The summed E-state index contributed by atoms with van der Waals surface area (Å²) in [5.41, 5.74) is 1.10. The van der Waals surface area contributed by atoms with Crippen molar-refractivity contribution < 1.29 is 19.8 Å². The van der Waals surface area contributed by atoms with E-state index < -0.39 is 10.9 Å². The number of unbranched alkanes of at least 4 members (excludes halogenated alkanes) is 2. The first-order valence-electron chi connectivity index (χ1n) is 10.8. The van der Waals surface area contributed by atoms with Crippen molar-refractivity contribution in [1.82, 2.24) is 19.8 Å². The highest BCUT2D eigenvalue weighted by molar-refractivity contribution is 5.76. The number of nitrogens with one attached hydrogen (secondary N) is 2. The van der Waals surface area contributed by atoms with Crippen LogP contribution in [0.1, 0.15) is 54.9 Å². The van der Waals surface area contributed by atoms with Crippen molar-refractivity contribution >= 4 is 11.8 Å². The predicted octanol–water partition coefficient (Wildman–Crippen LogP) is 0.995. The fourth-order valence-electron chi connectivity index (χ4n) is 3.43. The standard InChI is InChI=1S/C23H32N4O6/c1-14-10-18(28)22(32)16(26(14)3)12-24-20(30)8-6-5-7-9-21(31)25-13-17-23(33)19(29)11-15(2)27(17)4/h10-11,32-33H,5-9,12-13H2,1-4H3,(H,24,30)(H,25,31). The van der Waals surface area contributed by atoms with Crippen molar-refractivity contribution in [2.45, 2.75) is 59.0 Å². The van der Waals surface area contributed by atoms with Gasteiger partial charge in [0, 0.05) is 50.5 Å². The predicted molar refractivity (Wildman–Crippen MR) is 123 cm³/mol. The lowest BCUT2D eigenvalue weighted by Crippen LogP contribution is -2.26. The van der Waals surface area contributed by atoms with Crippen LogP contribution in [0.4, 0.5) is 0 Å². The Hall–Kier alpha value is -3.56. The van der Waals surface area contributed by atoms with Gasteiger partial charge < -0.3 is 30.0 Å². The summed E-state index contributed by atoms with van der Waals surface area (Å²) in [4.78, 5) is 47.6. The van der Waals surface area contributed by atoms with Gasteiger partial charge in [0.15, 0.2) is 11.5 Å². The number of aryl methyl sites for hydroxylation is 2. The van der Waals surface area contributed by atoms with E-state index in [0.29, 0.717) is 42.0 Å². The number of carbonyl (C=O) groups excluding carboxylic acids is 2. The Kier molecular flexibility index (Phi) is 8.84. The van der Waals surface area contributed by atoms with Crippen LogP contribution in [0.3, 0.4) is 0 Å². The van der Waals surface area contributed by atoms with Gasteiger partial charge in [0.05, 0.1) is 24.5 Å². The van der Waals surface area contributed by atoms with Crippen molar-refractivity contribution in [2.24, 2.45) is 14.1 Å². The lowest BCUT2D eigenvalue weighted by atomic mass is 10.1. The molecule has 0 saturated heterocycles. The maximum absolute atomic E-state index is 12.1. The molecule has 10 heteroatoms. The Morgan fingerprint density at radius 3 is 1.48 bits per heavy atom. The van der Waals surface area contributed by atoms with Crippen LogP contribution in [0.2, 0.25) is 0 Å². The zero-order valence-electron chi connectivity index (χ0n) is 19.5. The zero-order valence-corrected chi connectivity index (χ0v) is 19.5. The highest BCUT2D eigenvalue weighted by atomic mass is 16.3. The number of rotatable bonds is 10. The number of amides is 2. The highest BCUT2D eigenvalue weighted by Gasteiger charge is 2.13. The number of pyridine rings is 2. The second kappa shape index (κ2) is 11.3. The molecule has 0 aliphatic rings. The summed E-state index contributed by atoms with van der Waals surface area (Å²) in [7, 11) is 3.42. The summed E-state index contributed by atoms with van der Waals surface area (Å²) in [5.74, 6) is -1.14. The molecule has 2 rings (SSSR count). The largest absolute Gasteiger partial charge is 0.503 e. The van der Waals surface area contributed by atoms with Crippen molar-refractivity contribution in [3.8, 4) is 11.5 Å². The molecule has 0 spiro atoms. The molecule has 2 aromatic heterocycles. The van der Waals surface area contributed by atoms with Crippen LogP contribution in [0, 0.1) is 13.8 Å². The lowest BCUT2D eigenvalue weighted by molar-refractivity contribution is -0.121. The maximum Gasteiger partial charge on any atom is 0.223 e. The van der Waals surface area contributed by atoms with Gasteiger partial charge in [0.1, 0.15) is 0 Å². The van der Waals surface area contributed by atoms with E-state index >= 15 is 0 Å². The Morgan fingerprint density at radius 2 is 1.12 bits per heavy atom. The van der Waals surface area contributed by atoms with Gasteiger partial charge in [-0.2, -0.15) is 0 Å². The summed E-state index contributed by atoms with van der Waals surface area (Å²) in [6.45, 7) is 3.59. The molecule has 0 radical (unpaired) electrons. The summed E-state index contributed by atoms with van der Waals surface area (Å²) >= 11 is 0. The summed E-state index contributed by atoms with van der Waals surface area (Å²) < 4.78 is 3.31. The second-order valence-corrected chi connectivity index (χ2v) is 8.12. The minimum atomic E-state index is -0.479. The molecule has 0 aromatic carbocycles. The Bertz CT molecular complexity index is 1060. The first kappa shape index (κ1) is 25.7. The molecule has 2 amide bonds.